The van der Waals surface area contributed by atoms with Gasteiger partial charge < -0.3 is 10.1 Å². The highest BCUT2D eigenvalue weighted by Crippen LogP contribution is 2.17. The first kappa shape index (κ1) is 11.9. The van der Waals surface area contributed by atoms with E-state index in [9.17, 15) is 0 Å². The molecule has 0 atom stereocenters. The maximum Gasteiger partial charge on any atom is 0.226 e. The van der Waals surface area contributed by atoms with Crippen LogP contribution in [0.1, 0.15) is 15.4 Å². The Bertz CT molecular complexity index is 510. The first-order valence-corrected chi connectivity index (χ1v) is 6.18. The van der Waals surface area contributed by atoms with Crippen LogP contribution in [0.15, 0.2) is 18.2 Å². The van der Waals surface area contributed by atoms with E-state index in [1.54, 1.807) is 24.5 Å². The minimum Gasteiger partial charge on any atom is -0.481 e. The molecule has 0 unspecified atom stereocenters. The largest absolute Gasteiger partial charge is 0.481 e. The molecule has 2 heterocycles. The van der Waals surface area contributed by atoms with Crippen molar-refractivity contribution in [2.75, 3.05) is 12.4 Å². The van der Waals surface area contributed by atoms with Gasteiger partial charge in [-0.2, -0.15) is 4.98 Å². The summed E-state index contributed by atoms with van der Waals surface area (Å²) in [5.41, 5.74) is 0.890. The van der Waals surface area contributed by atoms with Gasteiger partial charge in [0.1, 0.15) is 0 Å². The van der Waals surface area contributed by atoms with E-state index in [2.05, 4.69) is 34.3 Å². The highest BCUT2D eigenvalue weighted by molar-refractivity contribution is 7.11. The molecule has 0 aliphatic rings. The Morgan fingerprint density at radius 3 is 2.76 bits per heavy atom. The lowest BCUT2D eigenvalue weighted by atomic mass is 10.4. The van der Waals surface area contributed by atoms with Crippen LogP contribution in [0.5, 0.6) is 5.88 Å². The van der Waals surface area contributed by atoms with Crippen LogP contribution < -0.4 is 10.1 Å². The minimum absolute atomic E-state index is 0.586. The normalized spacial score (nSPS) is 10.3. The molecule has 0 radical (unpaired) electrons. The van der Waals surface area contributed by atoms with Gasteiger partial charge in [0.25, 0.3) is 0 Å². The van der Waals surface area contributed by atoms with E-state index in [1.807, 2.05) is 6.92 Å². The van der Waals surface area contributed by atoms with Crippen molar-refractivity contribution in [1.82, 2.24) is 9.97 Å². The van der Waals surface area contributed by atoms with E-state index in [-0.39, 0.29) is 0 Å². The van der Waals surface area contributed by atoms with Gasteiger partial charge in [-0.15, -0.1) is 11.3 Å². The highest BCUT2D eigenvalue weighted by atomic mass is 32.1. The first-order chi connectivity index (χ1) is 8.17. The van der Waals surface area contributed by atoms with Gasteiger partial charge in [0.2, 0.25) is 11.8 Å². The fourth-order valence-corrected chi connectivity index (χ4v) is 2.30. The Morgan fingerprint density at radius 2 is 2.12 bits per heavy atom. The second kappa shape index (κ2) is 5.14. The van der Waals surface area contributed by atoms with Gasteiger partial charge in [-0.25, -0.2) is 4.98 Å². The Kier molecular flexibility index (Phi) is 3.58. The average molecular weight is 249 g/mol. The molecule has 0 aliphatic heterocycles. The van der Waals surface area contributed by atoms with E-state index < -0.39 is 0 Å². The predicted octanol–water partition coefficient (Wildman–Crippen LogP) is 2.78. The second-order valence-electron chi connectivity index (χ2n) is 3.74. The molecule has 0 saturated heterocycles. The number of aryl methyl sites for hydroxylation is 2. The average Bonchev–Trinajstić information content (AvgIpc) is 2.72. The fraction of sp³-hybridized carbons (Fsp3) is 0.333. The molecule has 2 aromatic heterocycles. The van der Waals surface area contributed by atoms with Gasteiger partial charge in [0, 0.05) is 21.5 Å². The number of aromatic nitrogens is 2. The molecule has 2 aromatic rings. The summed E-state index contributed by atoms with van der Waals surface area (Å²) >= 11 is 1.77. The van der Waals surface area contributed by atoms with Crippen molar-refractivity contribution in [2.45, 2.75) is 20.4 Å². The van der Waals surface area contributed by atoms with Crippen LogP contribution in [-0.4, -0.2) is 17.1 Å². The monoisotopic (exact) mass is 249 g/mol. The van der Waals surface area contributed by atoms with E-state index in [0.717, 1.165) is 12.2 Å². The second-order valence-corrected chi connectivity index (χ2v) is 5.11. The maximum absolute atomic E-state index is 5.10. The molecule has 0 fully saturated rings. The summed E-state index contributed by atoms with van der Waals surface area (Å²) in [6, 6.07) is 6.03. The molecule has 0 saturated carbocycles. The van der Waals surface area contributed by atoms with E-state index in [1.165, 1.54) is 9.75 Å². The molecular formula is C12H15N3OS. The molecule has 0 spiro atoms. The van der Waals surface area contributed by atoms with Crippen LogP contribution in [0.4, 0.5) is 5.95 Å². The number of nitrogens with one attached hydrogen (secondary N) is 1. The molecule has 1 N–H and O–H groups in total. The summed E-state index contributed by atoms with van der Waals surface area (Å²) < 4.78 is 5.10. The molecule has 0 aromatic carbocycles. The SMILES string of the molecule is COc1cc(C)nc(NCc2ccc(C)s2)n1. The van der Waals surface area contributed by atoms with Crippen LogP contribution in [0.2, 0.25) is 0 Å². The number of ether oxygens (including phenoxy) is 1. The fourth-order valence-electron chi connectivity index (χ4n) is 1.47. The van der Waals surface area contributed by atoms with E-state index in [0.29, 0.717) is 11.8 Å². The number of anilines is 1. The number of nitrogens with zero attached hydrogens (tertiary/aromatic N) is 2. The smallest absolute Gasteiger partial charge is 0.226 e. The van der Waals surface area contributed by atoms with Crippen LogP contribution in [0.25, 0.3) is 0 Å². The Morgan fingerprint density at radius 1 is 1.29 bits per heavy atom. The third kappa shape index (κ3) is 3.17. The third-order valence-corrected chi connectivity index (χ3v) is 3.26. The standard InChI is InChI=1S/C12H15N3OS/c1-8-6-11(16-3)15-12(14-8)13-7-10-5-4-9(2)17-10/h4-6H,7H2,1-3H3,(H,13,14,15). The van der Waals surface area contributed by atoms with Gasteiger partial charge in [0.15, 0.2) is 0 Å². The zero-order chi connectivity index (χ0) is 12.3. The summed E-state index contributed by atoms with van der Waals surface area (Å²) in [6.07, 6.45) is 0. The minimum atomic E-state index is 0.586. The van der Waals surface area contributed by atoms with Gasteiger partial charge in [-0.1, -0.05) is 0 Å². The quantitative estimate of drug-likeness (QED) is 0.905. The highest BCUT2D eigenvalue weighted by Gasteiger charge is 2.02. The van der Waals surface area contributed by atoms with Crippen LogP contribution >= 0.6 is 11.3 Å². The van der Waals surface area contributed by atoms with Crippen molar-refractivity contribution in [3.8, 4) is 5.88 Å². The zero-order valence-corrected chi connectivity index (χ0v) is 11.0. The van der Waals surface area contributed by atoms with Crippen molar-refractivity contribution in [2.24, 2.45) is 0 Å². The summed E-state index contributed by atoms with van der Waals surface area (Å²) in [7, 11) is 1.61. The molecule has 0 bridgehead atoms. The van der Waals surface area contributed by atoms with Crippen molar-refractivity contribution in [3.63, 3.8) is 0 Å². The molecular weight excluding hydrogens is 234 g/mol. The molecule has 17 heavy (non-hydrogen) atoms. The van der Waals surface area contributed by atoms with Gasteiger partial charge in [0.05, 0.1) is 13.7 Å². The number of hydrogen-bond acceptors (Lipinski definition) is 5. The van der Waals surface area contributed by atoms with Crippen molar-refractivity contribution < 1.29 is 4.74 Å². The molecule has 2 rings (SSSR count). The maximum atomic E-state index is 5.10. The van der Waals surface area contributed by atoms with Gasteiger partial charge in [-0.3, -0.25) is 0 Å². The van der Waals surface area contributed by atoms with Gasteiger partial charge >= 0.3 is 0 Å². The Balaban J connectivity index is 2.05. The van der Waals surface area contributed by atoms with E-state index >= 15 is 0 Å². The summed E-state index contributed by atoms with van der Waals surface area (Å²) in [6.45, 7) is 4.76. The lowest BCUT2D eigenvalue weighted by molar-refractivity contribution is 0.397. The molecule has 4 nitrogen and oxygen atoms in total. The zero-order valence-electron chi connectivity index (χ0n) is 10.2. The Hall–Kier alpha value is -1.62. The Labute approximate surface area is 105 Å². The summed E-state index contributed by atoms with van der Waals surface area (Å²) in [5, 5.41) is 3.20. The van der Waals surface area contributed by atoms with Crippen LogP contribution in [-0.2, 0) is 6.54 Å². The number of hydrogen-bond donors (Lipinski definition) is 1. The third-order valence-electron chi connectivity index (χ3n) is 2.26. The van der Waals surface area contributed by atoms with Crippen LogP contribution in [0, 0.1) is 13.8 Å². The van der Waals surface area contributed by atoms with Crippen molar-refractivity contribution in [3.05, 3.63) is 33.6 Å². The molecule has 90 valence electrons. The number of methoxy groups -OCH3 is 1. The molecule has 0 aliphatic carbocycles. The predicted molar refractivity (Wildman–Crippen MR) is 69.7 cm³/mol. The molecule has 0 amide bonds. The molecule has 5 heteroatoms. The van der Waals surface area contributed by atoms with E-state index in [4.69, 9.17) is 4.74 Å². The van der Waals surface area contributed by atoms with Crippen molar-refractivity contribution in [1.29, 1.82) is 0 Å². The lowest BCUT2D eigenvalue weighted by Gasteiger charge is -2.06. The summed E-state index contributed by atoms with van der Waals surface area (Å²) in [4.78, 5) is 11.1. The number of rotatable bonds is 4. The summed E-state index contributed by atoms with van der Waals surface area (Å²) in [5.74, 6) is 1.19. The van der Waals surface area contributed by atoms with Gasteiger partial charge in [-0.05, 0) is 26.0 Å². The van der Waals surface area contributed by atoms with Crippen molar-refractivity contribution >= 4 is 17.3 Å². The topological polar surface area (TPSA) is 47.0 Å². The van der Waals surface area contributed by atoms with Crippen LogP contribution in [0.3, 0.4) is 0 Å². The first-order valence-electron chi connectivity index (χ1n) is 5.36. The lowest BCUT2D eigenvalue weighted by Crippen LogP contribution is -2.04. The number of thiophene rings is 1.